The Balaban J connectivity index is 1.96. The fourth-order valence-electron chi connectivity index (χ4n) is 2.13. The van der Waals surface area contributed by atoms with Crippen LogP contribution in [0.5, 0.6) is 0 Å². The summed E-state index contributed by atoms with van der Waals surface area (Å²) in [5, 5.41) is 8.28. The smallest absolute Gasteiger partial charge is 0.0746 e. The number of aromatic nitrogens is 1. The van der Waals surface area contributed by atoms with Crippen LogP contribution in [0.1, 0.15) is 33.3 Å². The first-order valence-electron chi connectivity index (χ1n) is 7.27. The highest BCUT2D eigenvalue weighted by atomic mass is 15.0. The molecule has 0 radical (unpaired) electrons. The molecule has 1 atom stereocenters. The quantitative estimate of drug-likeness (QED) is 0.877. The SMILES string of the molecule is CC(CNC(C)(C)C)NCc1cccc2cccnc12. The molecule has 20 heavy (non-hydrogen) atoms. The van der Waals surface area contributed by atoms with Gasteiger partial charge in [0.05, 0.1) is 5.52 Å². The predicted molar refractivity (Wildman–Crippen MR) is 85.8 cm³/mol. The Bertz CT molecular complexity index is 552. The monoisotopic (exact) mass is 271 g/mol. The molecule has 1 aromatic heterocycles. The minimum Gasteiger partial charge on any atom is -0.311 e. The first kappa shape index (κ1) is 14.9. The van der Waals surface area contributed by atoms with E-state index in [0.717, 1.165) is 18.6 Å². The Hall–Kier alpha value is -1.45. The zero-order valence-corrected chi connectivity index (χ0v) is 12.9. The van der Waals surface area contributed by atoms with E-state index in [0.29, 0.717) is 6.04 Å². The molecule has 0 aliphatic rings. The van der Waals surface area contributed by atoms with Crippen molar-refractivity contribution in [2.24, 2.45) is 0 Å². The lowest BCUT2D eigenvalue weighted by Crippen LogP contribution is -2.44. The molecule has 108 valence electrons. The topological polar surface area (TPSA) is 37.0 Å². The maximum atomic E-state index is 4.49. The molecule has 3 nitrogen and oxygen atoms in total. The molecular weight excluding hydrogens is 246 g/mol. The Kier molecular flexibility index (Phi) is 4.73. The van der Waals surface area contributed by atoms with Gasteiger partial charge in [0, 0.05) is 36.3 Å². The highest BCUT2D eigenvalue weighted by Gasteiger charge is 2.11. The average Bonchev–Trinajstić information content (AvgIpc) is 2.42. The van der Waals surface area contributed by atoms with E-state index in [-0.39, 0.29) is 5.54 Å². The second-order valence-electron chi connectivity index (χ2n) is 6.41. The summed E-state index contributed by atoms with van der Waals surface area (Å²) in [6.07, 6.45) is 1.86. The lowest BCUT2D eigenvalue weighted by atomic mass is 10.1. The van der Waals surface area contributed by atoms with Gasteiger partial charge in [-0.05, 0) is 39.3 Å². The van der Waals surface area contributed by atoms with Crippen LogP contribution < -0.4 is 10.6 Å². The molecule has 0 aliphatic heterocycles. The van der Waals surface area contributed by atoms with Crippen molar-refractivity contribution >= 4 is 10.9 Å². The van der Waals surface area contributed by atoms with E-state index in [1.165, 1.54) is 10.9 Å². The number of para-hydroxylation sites is 1. The molecule has 0 fully saturated rings. The zero-order valence-electron chi connectivity index (χ0n) is 12.9. The summed E-state index contributed by atoms with van der Waals surface area (Å²) in [5.74, 6) is 0. The van der Waals surface area contributed by atoms with Crippen LogP contribution in [0.15, 0.2) is 36.5 Å². The second-order valence-corrected chi connectivity index (χ2v) is 6.41. The van der Waals surface area contributed by atoms with Crippen molar-refractivity contribution in [2.75, 3.05) is 6.54 Å². The van der Waals surface area contributed by atoms with Crippen LogP contribution in [0.4, 0.5) is 0 Å². The maximum Gasteiger partial charge on any atom is 0.0746 e. The summed E-state index contributed by atoms with van der Waals surface area (Å²) in [7, 11) is 0. The van der Waals surface area contributed by atoms with Gasteiger partial charge >= 0.3 is 0 Å². The van der Waals surface area contributed by atoms with Crippen LogP contribution in [0.25, 0.3) is 10.9 Å². The number of fused-ring (bicyclic) bond motifs is 1. The lowest BCUT2D eigenvalue weighted by Gasteiger charge is -2.24. The Morgan fingerprint density at radius 3 is 2.65 bits per heavy atom. The van der Waals surface area contributed by atoms with Crippen LogP contribution in [0.3, 0.4) is 0 Å². The minimum absolute atomic E-state index is 0.164. The largest absolute Gasteiger partial charge is 0.311 e. The molecular formula is C17H25N3. The molecule has 0 saturated heterocycles. The van der Waals surface area contributed by atoms with Crippen molar-refractivity contribution in [1.82, 2.24) is 15.6 Å². The number of benzene rings is 1. The molecule has 3 heteroatoms. The Labute approximate surface area is 121 Å². The van der Waals surface area contributed by atoms with Gasteiger partial charge in [0.1, 0.15) is 0 Å². The van der Waals surface area contributed by atoms with E-state index in [1.807, 2.05) is 12.3 Å². The number of rotatable bonds is 5. The third-order valence-corrected chi connectivity index (χ3v) is 3.30. The number of nitrogens with one attached hydrogen (secondary N) is 2. The fraction of sp³-hybridized carbons (Fsp3) is 0.471. The van der Waals surface area contributed by atoms with E-state index in [9.17, 15) is 0 Å². The van der Waals surface area contributed by atoms with E-state index >= 15 is 0 Å². The summed E-state index contributed by atoms with van der Waals surface area (Å²) < 4.78 is 0. The predicted octanol–water partition coefficient (Wildman–Crippen LogP) is 3.10. The van der Waals surface area contributed by atoms with E-state index < -0.39 is 0 Å². The molecule has 0 bridgehead atoms. The Morgan fingerprint density at radius 2 is 1.90 bits per heavy atom. The molecule has 0 spiro atoms. The van der Waals surface area contributed by atoms with Gasteiger partial charge in [0.25, 0.3) is 0 Å². The van der Waals surface area contributed by atoms with E-state index in [1.54, 1.807) is 0 Å². The summed E-state index contributed by atoms with van der Waals surface area (Å²) in [5.41, 5.74) is 2.51. The first-order chi connectivity index (χ1) is 9.46. The van der Waals surface area contributed by atoms with Gasteiger partial charge in [-0.3, -0.25) is 4.98 Å². The number of hydrogen-bond acceptors (Lipinski definition) is 3. The Morgan fingerprint density at radius 1 is 1.15 bits per heavy atom. The number of nitrogens with zero attached hydrogens (tertiary/aromatic N) is 1. The maximum absolute atomic E-state index is 4.49. The van der Waals surface area contributed by atoms with Crippen molar-refractivity contribution in [1.29, 1.82) is 0 Å². The van der Waals surface area contributed by atoms with Gasteiger partial charge < -0.3 is 10.6 Å². The molecule has 0 saturated carbocycles. The van der Waals surface area contributed by atoms with E-state index in [2.05, 4.69) is 67.6 Å². The van der Waals surface area contributed by atoms with Crippen molar-refractivity contribution < 1.29 is 0 Å². The number of hydrogen-bond donors (Lipinski definition) is 2. The lowest BCUT2D eigenvalue weighted by molar-refractivity contribution is 0.387. The van der Waals surface area contributed by atoms with Crippen LogP contribution in [-0.2, 0) is 6.54 Å². The number of pyridine rings is 1. The van der Waals surface area contributed by atoms with Gasteiger partial charge in [-0.2, -0.15) is 0 Å². The summed E-state index contributed by atoms with van der Waals surface area (Å²) in [4.78, 5) is 4.49. The zero-order chi connectivity index (χ0) is 14.6. The standard InChI is InChI=1S/C17H25N3/c1-13(11-20-17(2,3)4)19-12-15-8-5-7-14-9-6-10-18-16(14)15/h5-10,13,19-20H,11-12H2,1-4H3. The van der Waals surface area contributed by atoms with Gasteiger partial charge in [0.15, 0.2) is 0 Å². The highest BCUT2D eigenvalue weighted by Crippen LogP contribution is 2.15. The highest BCUT2D eigenvalue weighted by molar-refractivity contribution is 5.81. The van der Waals surface area contributed by atoms with Crippen LogP contribution in [0, 0.1) is 0 Å². The van der Waals surface area contributed by atoms with Gasteiger partial charge in [-0.15, -0.1) is 0 Å². The minimum atomic E-state index is 0.164. The summed E-state index contributed by atoms with van der Waals surface area (Å²) in [6.45, 7) is 10.6. The van der Waals surface area contributed by atoms with Crippen LogP contribution in [0.2, 0.25) is 0 Å². The molecule has 2 rings (SSSR count). The third-order valence-electron chi connectivity index (χ3n) is 3.30. The normalized spacial score (nSPS) is 13.6. The van der Waals surface area contributed by atoms with Crippen LogP contribution >= 0.6 is 0 Å². The van der Waals surface area contributed by atoms with Gasteiger partial charge in [-0.1, -0.05) is 24.3 Å². The molecule has 1 aromatic carbocycles. The first-order valence-corrected chi connectivity index (χ1v) is 7.27. The summed E-state index contributed by atoms with van der Waals surface area (Å²) >= 11 is 0. The molecule has 1 unspecified atom stereocenters. The summed E-state index contributed by atoms with van der Waals surface area (Å²) in [6, 6.07) is 10.9. The van der Waals surface area contributed by atoms with Crippen molar-refractivity contribution in [3.05, 3.63) is 42.1 Å². The van der Waals surface area contributed by atoms with Crippen molar-refractivity contribution in [3.8, 4) is 0 Å². The third kappa shape index (κ3) is 4.29. The molecule has 0 amide bonds. The molecule has 0 aliphatic carbocycles. The van der Waals surface area contributed by atoms with Gasteiger partial charge in [0.2, 0.25) is 0 Å². The average molecular weight is 271 g/mol. The fourth-order valence-corrected chi connectivity index (χ4v) is 2.13. The molecule has 2 aromatic rings. The molecule has 1 heterocycles. The van der Waals surface area contributed by atoms with Crippen LogP contribution in [-0.4, -0.2) is 23.1 Å². The van der Waals surface area contributed by atoms with Crippen molar-refractivity contribution in [2.45, 2.75) is 45.8 Å². The second kappa shape index (κ2) is 6.33. The van der Waals surface area contributed by atoms with Gasteiger partial charge in [-0.25, -0.2) is 0 Å². The molecule has 2 N–H and O–H groups in total. The van der Waals surface area contributed by atoms with Crippen molar-refractivity contribution in [3.63, 3.8) is 0 Å². The van der Waals surface area contributed by atoms with E-state index in [4.69, 9.17) is 0 Å².